The second-order valence-corrected chi connectivity index (χ2v) is 3.36. The zero-order valence-electron chi connectivity index (χ0n) is 8.33. The quantitative estimate of drug-likeness (QED) is 0.610. The minimum absolute atomic E-state index is 0.0730. The number of nitro groups is 1. The van der Waals surface area contributed by atoms with Crippen molar-refractivity contribution in [2.24, 2.45) is 0 Å². The number of nitrogens with zero attached hydrogens (tertiary/aromatic N) is 1. The third-order valence-corrected chi connectivity index (χ3v) is 2.37. The summed E-state index contributed by atoms with van der Waals surface area (Å²) < 4.78 is 0. The van der Waals surface area contributed by atoms with Crippen LogP contribution in [0.1, 0.15) is 17.2 Å². The van der Waals surface area contributed by atoms with Gasteiger partial charge in [-0.15, -0.1) is 0 Å². The SMILES string of the molecule is O=[N+]([O-])c1ccccc1C(O)c1cc[nH]c1. The number of nitro benzene ring substituents is 1. The van der Waals surface area contributed by atoms with Crippen molar-refractivity contribution in [3.8, 4) is 0 Å². The molecule has 0 aliphatic rings. The van der Waals surface area contributed by atoms with Crippen LogP contribution in [0.4, 0.5) is 5.69 Å². The molecule has 0 saturated carbocycles. The molecular formula is C11H10N2O3. The number of hydrogen-bond donors (Lipinski definition) is 2. The lowest BCUT2D eigenvalue weighted by Gasteiger charge is -2.09. The van der Waals surface area contributed by atoms with Crippen LogP contribution in [0.15, 0.2) is 42.7 Å². The van der Waals surface area contributed by atoms with E-state index in [2.05, 4.69) is 4.98 Å². The number of para-hydroxylation sites is 1. The van der Waals surface area contributed by atoms with Crippen LogP contribution in [-0.4, -0.2) is 15.0 Å². The van der Waals surface area contributed by atoms with Gasteiger partial charge in [-0.2, -0.15) is 0 Å². The molecule has 0 fully saturated rings. The molecular weight excluding hydrogens is 208 g/mol. The standard InChI is InChI=1S/C11H10N2O3/c14-11(8-5-6-12-7-8)9-3-1-2-4-10(9)13(15)16/h1-7,11-12,14H. The smallest absolute Gasteiger partial charge is 0.275 e. The van der Waals surface area contributed by atoms with Gasteiger partial charge in [0, 0.05) is 24.0 Å². The Morgan fingerprint density at radius 2 is 2.06 bits per heavy atom. The molecule has 0 aliphatic carbocycles. The maximum Gasteiger partial charge on any atom is 0.275 e. The Labute approximate surface area is 91.5 Å². The maximum absolute atomic E-state index is 10.8. The zero-order chi connectivity index (χ0) is 11.5. The fourth-order valence-corrected chi connectivity index (χ4v) is 1.57. The highest BCUT2D eigenvalue weighted by Crippen LogP contribution is 2.29. The molecule has 1 unspecified atom stereocenters. The number of benzene rings is 1. The Kier molecular flexibility index (Phi) is 2.70. The van der Waals surface area contributed by atoms with E-state index in [1.54, 1.807) is 36.7 Å². The highest BCUT2D eigenvalue weighted by Gasteiger charge is 2.20. The normalized spacial score (nSPS) is 12.3. The molecule has 1 atom stereocenters. The summed E-state index contributed by atoms with van der Waals surface area (Å²) in [5.41, 5.74) is 0.831. The van der Waals surface area contributed by atoms with Gasteiger partial charge in [0.1, 0.15) is 6.10 Å². The number of nitrogens with one attached hydrogen (secondary N) is 1. The van der Waals surface area contributed by atoms with E-state index in [0.29, 0.717) is 11.1 Å². The van der Waals surface area contributed by atoms with Gasteiger partial charge in [-0.25, -0.2) is 0 Å². The molecule has 2 aromatic rings. The van der Waals surface area contributed by atoms with Gasteiger partial charge in [-0.1, -0.05) is 12.1 Å². The molecule has 2 N–H and O–H groups in total. The minimum Gasteiger partial charge on any atom is -0.383 e. The Morgan fingerprint density at radius 1 is 1.31 bits per heavy atom. The van der Waals surface area contributed by atoms with Crippen LogP contribution in [0.3, 0.4) is 0 Å². The first-order valence-corrected chi connectivity index (χ1v) is 4.74. The van der Waals surface area contributed by atoms with Crippen molar-refractivity contribution in [3.63, 3.8) is 0 Å². The largest absolute Gasteiger partial charge is 0.383 e. The van der Waals surface area contributed by atoms with Crippen LogP contribution in [0.2, 0.25) is 0 Å². The highest BCUT2D eigenvalue weighted by molar-refractivity contribution is 5.44. The first-order chi connectivity index (χ1) is 7.70. The van der Waals surface area contributed by atoms with Crippen molar-refractivity contribution in [1.82, 2.24) is 4.98 Å². The summed E-state index contributed by atoms with van der Waals surface area (Å²) in [6.07, 6.45) is 2.29. The lowest BCUT2D eigenvalue weighted by Crippen LogP contribution is -2.02. The van der Waals surface area contributed by atoms with Crippen LogP contribution in [0.25, 0.3) is 0 Å². The second kappa shape index (κ2) is 4.16. The number of aliphatic hydroxyl groups excluding tert-OH is 1. The Balaban J connectivity index is 2.44. The van der Waals surface area contributed by atoms with Gasteiger partial charge in [0.05, 0.1) is 10.5 Å². The lowest BCUT2D eigenvalue weighted by molar-refractivity contribution is -0.386. The molecule has 82 valence electrons. The van der Waals surface area contributed by atoms with Crippen LogP contribution >= 0.6 is 0 Å². The van der Waals surface area contributed by atoms with Crippen LogP contribution < -0.4 is 0 Å². The molecule has 2 rings (SSSR count). The number of aromatic amines is 1. The van der Waals surface area contributed by atoms with Gasteiger partial charge in [0.15, 0.2) is 0 Å². The predicted molar refractivity (Wildman–Crippen MR) is 58.0 cm³/mol. The van der Waals surface area contributed by atoms with E-state index in [1.807, 2.05) is 0 Å². The molecule has 0 saturated heterocycles. The van der Waals surface area contributed by atoms with E-state index in [9.17, 15) is 15.2 Å². The zero-order valence-corrected chi connectivity index (χ0v) is 8.33. The summed E-state index contributed by atoms with van der Waals surface area (Å²) >= 11 is 0. The van der Waals surface area contributed by atoms with Gasteiger partial charge in [0.25, 0.3) is 5.69 Å². The molecule has 1 aromatic carbocycles. The van der Waals surface area contributed by atoms with Gasteiger partial charge in [-0.05, 0) is 12.1 Å². The summed E-state index contributed by atoms with van der Waals surface area (Å²) in [4.78, 5) is 13.1. The molecule has 0 aliphatic heterocycles. The molecule has 1 heterocycles. The minimum atomic E-state index is -0.979. The third kappa shape index (κ3) is 1.80. The lowest BCUT2D eigenvalue weighted by atomic mass is 10.0. The van der Waals surface area contributed by atoms with Crippen molar-refractivity contribution in [1.29, 1.82) is 0 Å². The number of hydrogen-bond acceptors (Lipinski definition) is 3. The van der Waals surface area contributed by atoms with E-state index in [0.717, 1.165) is 0 Å². The molecule has 0 bridgehead atoms. The van der Waals surface area contributed by atoms with Crippen LogP contribution in [0.5, 0.6) is 0 Å². The van der Waals surface area contributed by atoms with Gasteiger partial charge in [0.2, 0.25) is 0 Å². The number of rotatable bonds is 3. The average molecular weight is 218 g/mol. The van der Waals surface area contributed by atoms with Crippen LogP contribution in [-0.2, 0) is 0 Å². The maximum atomic E-state index is 10.8. The van der Waals surface area contributed by atoms with Crippen molar-refractivity contribution in [2.75, 3.05) is 0 Å². The first-order valence-electron chi connectivity index (χ1n) is 4.74. The highest BCUT2D eigenvalue weighted by atomic mass is 16.6. The fourth-order valence-electron chi connectivity index (χ4n) is 1.57. The Bertz CT molecular complexity index is 494. The van der Waals surface area contributed by atoms with E-state index in [-0.39, 0.29) is 5.69 Å². The van der Waals surface area contributed by atoms with Gasteiger partial charge < -0.3 is 10.1 Å². The topological polar surface area (TPSA) is 79.2 Å². The molecule has 16 heavy (non-hydrogen) atoms. The Hall–Kier alpha value is -2.14. The van der Waals surface area contributed by atoms with Crippen molar-refractivity contribution < 1.29 is 10.0 Å². The van der Waals surface area contributed by atoms with E-state index < -0.39 is 11.0 Å². The van der Waals surface area contributed by atoms with E-state index >= 15 is 0 Å². The number of aliphatic hydroxyl groups is 1. The van der Waals surface area contributed by atoms with Gasteiger partial charge in [-0.3, -0.25) is 10.1 Å². The molecule has 0 spiro atoms. The van der Waals surface area contributed by atoms with Crippen molar-refractivity contribution >= 4 is 5.69 Å². The molecule has 0 amide bonds. The summed E-state index contributed by atoms with van der Waals surface area (Å²) in [7, 11) is 0. The predicted octanol–water partition coefficient (Wildman–Crippen LogP) is 2.00. The third-order valence-electron chi connectivity index (χ3n) is 2.37. The second-order valence-electron chi connectivity index (χ2n) is 3.36. The average Bonchev–Trinajstić information content (AvgIpc) is 2.81. The van der Waals surface area contributed by atoms with Gasteiger partial charge >= 0.3 is 0 Å². The van der Waals surface area contributed by atoms with Crippen LogP contribution in [0, 0.1) is 10.1 Å². The number of H-pyrrole nitrogens is 1. The summed E-state index contributed by atoms with van der Waals surface area (Å²) in [6, 6.07) is 7.85. The fraction of sp³-hybridized carbons (Fsp3) is 0.0909. The Morgan fingerprint density at radius 3 is 2.69 bits per heavy atom. The molecule has 1 aromatic heterocycles. The van der Waals surface area contributed by atoms with E-state index in [4.69, 9.17) is 0 Å². The van der Waals surface area contributed by atoms with Crippen molar-refractivity contribution in [3.05, 3.63) is 64.0 Å². The van der Waals surface area contributed by atoms with E-state index in [1.165, 1.54) is 6.07 Å². The number of aromatic nitrogens is 1. The molecule has 5 nitrogen and oxygen atoms in total. The summed E-state index contributed by atoms with van der Waals surface area (Å²) in [5, 5.41) is 20.8. The molecule has 5 heteroatoms. The first kappa shape index (κ1) is 10.4. The monoisotopic (exact) mass is 218 g/mol. The summed E-state index contributed by atoms with van der Waals surface area (Å²) in [5.74, 6) is 0. The van der Waals surface area contributed by atoms with Crippen molar-refractivity contribution in [2.45, 2.75) is 6.10 Å². The molecule has 0 radical (unpaired) electrons. The summed E-state index contributed by atoms with van der Waals surface area (Å²) in [6.45, 7) is 0.